The van der Waals surface area contributed by atoms with E-state index in [2.05, 4.69) is 5.32 Å². The van der Waals surface area contributed by atoms with Gasteiger partial charge >= 0.3 is 5.97 Å². The van der Waals surface area contributed by atoms with Gasteiger partial charge in [0.2, 0.25) is 5.91 Å². The zero-order chi connectivity index (χ0) is 10.5. The maximum Gasteiger partial charge on any atom is 0.319 e. The van der Waals surface area contributed by atoms with Crippen LogP contribution in [0.4, 0.5) is 0 Å². The summed E-state index contributed by atoms with van der Waals surface area (Å²) in [5.41, 5.74) is -1.40. The van der Waals surface area contributed by atoms with Gasteiger partial charge in [0, 0.05) is 20.8 Å². The molecule has 0 aliphatic heterocycles. The quantitative estimate of drug-likeness (QED) is 0.590. The molecule has 1 amide bonds. The second-order valence-corrected chi connectivity index (χ2v) is 2.96. The molecule has 5 heteroatoms. The van der Waals surface area contributed by atoms with Gasteiger partial charge in [0.25, 0.3) is 0 Å². The van der Waals surface area contributed by atoms with Crippen molar-refractivity contribution < 1.29 is 19.4 Å². The maximum absolute atomic E-state index is 11.2. The van der Waals surface area contributed by atoms with E-state index in [0.29, 0.717) is 0 Å². The Kier molecular flexibility index (Phi) is 4.40. The molecule has 13 heavy (non-hydrogen) atoms. The summed E-state index contributed by atoms with van der Waals surface area (Å²) in [4.78, 5) is 22.0. The molecule has 1 unspecified atom stereocenters. The first-order valence-corrected chi connectivity index (χ1v) is 3.93. The first kappa shape index (κ1) is 11.9. The molecule has 0 aliphatic carbocycles. The number of nitrogens with one attached hydrogen (secondary N) is 1. The van der Waals surface area contributed by atoms with Gasteiger partial charge in [-0.3, -0.25) is 9.59 Å². The third-order valence-electron chi connectivity index (χ3n) is 2.01. The Labute approximate surface area is 77.1 Å². The lowest BCUT2D eigenvalue weighted by molar-refractivity contribution is -0.155. The average Bonchev–Trinajstić information content (AvgIpc) is 2.12. The number of hydrogen-bond donors (Lipinski definition) is 2. The number of aliphatic carboxylic acids is 1. The first-order chi connectivity index (χ1) is 5.99. The highest BCUT2D eigenvalue weighted by Crippen LogP contribution is 2.21. The standard InChI is InChI=1S/C8H15NO4/c1-8(7(11)12,4-5-13-3)6(10)9-2/h4-5H2,1-3H3,(H,9,10)(H,11,12). The number of methoxy groups -OCH3 is 1. The van der Waals surface area contributed by atoms with Crippen LogP contribution in [0.5, 0.6) is 0 Å². The Morgan fingerprint density at radius 2 is 2.08 bits per heavy atom. The van der Waals surface area contributed by atoms with E-state index in [9.17, 15) is 9.59 Å². The Balaban J connectivity index is 4.52. The highest BCUT2D eigenvalue weighted by molar-refractivity contribution is 6.01. The van der Waals surface area contributed by atoms with E-state index in [0.717, 1.165) is 0 Å². The van der Waals surface area contributed by atoms with Crippen molar-refractivity contribution in [3.63, 3.8) is 0 Å². The number of rotatable bonds is 5. The highest BCUT2D eigenvalue weighted by Gasteiger charge is 2.40. The predicted octanol–water partition coefficient (Wildman–Crippen LogP) is -0.140. The molecular weight excluding hydrogens is 174 g/mol. The summed E-state index contributed by atoms with van der Waals surface area (Å²) >= 11 is 0. The third kappa shape index (κ3) is 2.69. The summed E-state index contributed by atoms with van der Waals surface area (Å²) in [5.74, 6) is -1.64. The van der Waals surface area contributed by atoms with E-state index in [-0.39, 0.29) is 13.0 Å². The number of carboxylic acids is 1. The molecular formula is C8H15NO4. The van der Waals surface area contributed by atoms with Gasteiger partial charge < -0.3 is 15.2 Å². The van der Waals surface area contributed by atoms with Crippen LogP contribution in [-0.2, 0) is 14.3 Å². The van der Waals surface area contributed by atoms with Crippen molar-refractivity contribution in [1.29, 1.82) is 0 Å². The van der Waals surface area contributed by atoms with E-state index in [4.69, 9.17) is 9.84 Å². The van der Waals surface area contributed by atoms with E-state index in [1.165, 1.54) is 21.1 Å². The molecule has 0 bridgehead atoms. The molecule has 0 aromatic rings. The predicted molar refractivity (Wildman–Crippen MR) is 46.3 cm³/mol. The van der Waals surface area contributed by atoms with Crippen LogP contribution in [0.25, 0.3) is 0 Å². The number of carbonyl (C=O) groups is 2. The van der Waals surface area contributed by atoms with E-state index >= 15 is 0 Å². The van der Waals surface area contributed by atoms with Gasteiger partial charge in [-0.1, -0.05) is 0 Å². The van der Waals surface area contributed by atoms with Crippen LogP contribution in [0.1, 0.15) is 13.3 Å². The lowest BCUT2D eigenvalue weighted by Gasteiger charge is -2.21. The largest absolute Gasteiger partial charge is 0.480 e. The van der Waals surface area contributed by atoms with Crippen LogP contribution in [0.2, 0.25) is 0 Å². The molecule has 0 radical (unpaired) electrons. The molecule has 0 aromatic heterocycles. The lowest BCUT2D eigenvalue weighted by Crippen LogP contribution is -2.43. The molecule has 2 N–H and O–H groups in total. The molecule has 0 saturated carbocycles. The number of amides is 1. The van der Waals surface area contributed by atoms with E-state index in [1.807, 2.05) is 0 Å². The second kappa shape index (κ2) is 4.81. The second-order valence-electron chi connectivity index (χ2n) is 2.96. The minimum atomic E-state index is -1.40. The summed E-state index contributed by atoms with van der Waals surface area (Å²) in [6.45, 7) is 1.63. The minimum Gasteiger partial charge on any atom is -0.480 e. The third-order valence-corrected chi connectivity index (χ3v) is 2.01. The molecule has 76 valence electrons. The normalized spacial score (nSPS) is 14.7. The van der Waals surface area contributed by atoms with E-state index in [1.54, 1.807) is 0 Å². The van der Waals surface area contributed by atoms with Crippen molar-refractivity contribution in [3.8, 4) is 0 Å². The van der Waals surface area contributed by atoms with Gasteiger partial charge in [-0.2, -0.15) is 0 Å². The van der Waals surface area contributed by atoms with E-state index < -0.39 is 17.3 Å². The van der Waals surface area contributed by atoms with Crippen LogP contribution in [0.3, 0.4) is 0 Å². The Bertz CT molecular complexity index is 204. The summed E-state index contributed by atoms with van der Waals surface area (Å²) in [6, 6.07) is 0. The van der Waals surface area contributed by atoms with Crippen molar-refractivity contribution in [1.82, 2.24) is 5.32 Å². The van der Waals surface area contributed by atoms with Crippen LogP contribution in [0.15, 0.2) is 0 Å². The van der Waals surface area contributed by atoms with Crippen molar-refractivity contribution in [2.75, 3.05) is 20.8 Å². The van der Waals surface area contributed by atoms with Gasteiger partial charge in [-0.25, -0.2) is 0 Å². The maximum atomic E-state index is 11.2. The number of ether oxygens (including phenoxy) is 1. The van der Waals surface area contributed by atoms with Crippen molar-refractivity contribution >= 4 is 11.9 Å². The smallest absolute Gasteiger partial charge is 0.319 e. The molecule has 1 atom stereocenters. The molecule has 0 fully saturated rings. The van der Waals surface area contributed by atoms with Crippen molar-refractivity contribution in [2.24, 2.45) is 5.41 Å². The fourth-order valence-corrected chi connectivity index (χ4v) is 0.900. The summed E-state index contributed by atoms with van der Waals surface area (Å²) in [6.07, 6.45) is 0.165. The average molecular weight is 189 g/mol. The van der Waals surface area contributed by atoms with Gasteiger partial charge in [0.05, 0.1) is 0 Å². The summed E-state index contributed by atoms with van der Waals surface area (Å²) in [5, 5.41) is 11.2. The summed E-state index contributed by atoms with van der Waals surface area (Å²) in [7, 11) is 2.88. The van der Waals surface area contributed by atoms with Gasteiger partial charge in [0.1, 0.15) is 5.41 Å². The highest BCUT2D eigenvalue weighted by atomic mass is 16.5. The Morgan fingerprint density at radius 1 is 1.54 bits per heavy atom. The van der Waals surface area contributed by atoms with Crippen LogP contribution < -0.4 is 5.32 Å². The van der Waals surface area contributed by atoms with Crippen molar-refractivity contribution in [2.45, 2.75) is 13.3 Å². The van der Waals surface area contributed by atoms with Crippen molar-refractivity contribution in [3.05, 3.63) is 0 Å². The monoisotopic (exact) mass is 189 g/mol. The minimum absolute atomic E-state index is 0.165. The molecule has 0 rings (SSSR count). The zero-order valence-electron chi connectivity index (χ0n) is 8.09. The fraction of sp³-hybridized carbons (Fsp3) is 0.750. The molecule has 0 aliphatic rings. The Hall–Kier alpha value is -1.10. The molecule has 0 spiro atoms. The van der Waals surface area contributed by atoms with Crippen LogP contribution in [0, 0.1) is 5.41 Å². The Morgan fingerprint density at radius 3 is 2.38 bits per heavy atom. The number of hydrogen-bond acceptors (Lipinski definition) is 3. The number of carboxylic acid groups (broad SMARTS) is 1. The zero-order valence-corrected chi connectivity index (χ0v) is 8.09. The first-order valence-electron chi connectivity index (χ1n) is 3.93. The van der Waals surface area contributed by atoms with Gasteiger partial charge in [0.15, 0.2) is 0 Å². The molecule has 0 aromatic carbocycles. The SMILES string of the molecule is CNC(=O)C(C)(CCOC)C(=O)O. The molecule has 5 nitrogen and oxygen atoms in total. The number of carbonyl (C=O) groups excluding carboxylic acids is 1. The van der Waals surface area contributed by atoms with Crippen LogP contribution in [-0.4, -0.2) is 37.7 Å². The fourth-order valence-electron chi connectivity index (χ4n) is 0.900. The van der Waals surface area contributed by atoms with Crippen LogP contribution >= 0.6 is 0 Å². The lowest BCUT2D eigenvalue weighted by atomic mass is 9.86. The summed E-state index contributed by atoms with van der Waals surface area (Å²) < 4.78 is 4.74. The van der Waals surface area contributed by atoms with Gasteiger partial charge in [-0.15, -0.1) is 0 Å². The van der Waals surface area contributed by atoms with Gasteiger partial charge in [-0.05, 0) is 13.3 Å². The molecule has 0 saturated heterocycles. The topological polar surface area (TPSA) is 75.6 Å². The molecule has 0 heterocycles.